The molecular formula is C19H20N2O4S. The number of benzene rings is 2. The minimum Gasteiger partial charge on any atom is -0.497 e. The summed E-state index contributed by atoms with van der Waals surface area (Å²) in [4.78, 5) is 12.6. The molecule has 7 heteroatoms. The molecule has 0 saturated heterocycles. The average molecular weight is 372 g/mol. The fraction of sp³-hybridized carbons (Fsp3) is 0.211. The Bertz CT molecular complexity index is 1070. The molecule has 1 N–H and O–H groups in total. The van der Waals surface area contributed by atoms with Crippen LogP contribution in [0.2, 0.25) is 0 Å². The van der Waals surface area contributed by atoms with Gasteiger partial charge >= 0.3 is 0 Å². The predicted octanol–water partition coefficient (Wildman–Crippen LogP) is 2.70. The van der Waals surface area contributed by atoms with E-state index in [1.54, 1.807) is 13.2 Å². The highest BCUT2D eigenvalue weighted by atomic mass is 32.2. The van der Waals surface area contributed by atoms with Crippen molar-refractivity contribution in [1.29, 1.82) is 0 Å². The summed E-state index contributed by atoms with van der Waals surface area (Å²) < 4.78 is 32.4. The highest BCUT2D eigenvalue weighted by molar-refractivity contribution is 7.89. The number of aromatic nitrogens is 1. The lowest BCUT2D eigenvalue weighted by Crippen LogP contribution is -2.29. The number of sulfonamides is 1. The summed E-state index contributed by atoms with van der Waals surface area (Å²) >= 11 is 0. The van der Waals surface area contributed by atoms with Crippen LogP contribution in [0.15, 0.2) is 48.5 Å². The largest absolute Gasteiger partial charge is 0.497 e. The van der Waals surface area contributed by atoms with Gasteiger partial charge in [-0.3, -0.25) is 4.79 Å². The van der Waals surface area contributed by atoms with Gasteiger partial charge in [0.05, 0.1) is 18.9 Å². The van der Waals surface area contributed by atoms with Gasteiger partial charge in [0.25, 0.3) is 5.91 Å². The number of hydrogen-bond donors (Lipinski definition) is 1. The zero-order valence-corrected chi connectivity index (χ0v) is 15.6. The van der Waals surface area contributed by atoms with Crippen molar-refractivity contribution in [2.75, 3.05) is 13.4 Å². The number of nitrogens with one attached hydrogen (secondary N) is 1. The molecule has 1 heterocycles. The van der Waals surface area contributed by atoms with Crippen molar-refractivity contribution in [2.24, 2.45) is 0 Å². The third-order valence-electron chi connectivity index (χ3n) is 4.22. The Morgan fingerprint density at radius 3 is 2.46 bits per heavy atom. The summed E-state index contributed by atoms with van der Waals surface area (Å²) in [6.45, 7) is 2.38. The molecule has 1 amide bonds. The molecule has 0 aliphatic heterocycles. The van der Waals surface area contributed by atoms with E-state index in [2.05, 4.69) is 4.72 Å². The van der Waals surface area contributed by atoms with Crippen molar-refractivity contribution in [3.8, 4) is 5.75 Å². The number of methoxy groups -OCH3 is 1. The zero-order valence-electron chi connectivity index (χ0n) is 14.8. The molecule has 6 nitrogen and oxygen atoms in total. The predicted molar refractivity (Wildman–Crippen MR) is 101 cm³/mol. The molecule has 0 saturated carbocycles. The molecule has 3 rings (SSSR count). The molecular weight excluding hydrogens is 352 g/mol. The van der Waals surface area contributed by atoms with Crippen LogP contribution >= 0.6 is 0 Å². The first-order valence-electron chi connectivity index (χ1n) is 8.03. The number of rotatable bonds is 5. The second kappa shape index (κ2) is 6.84. The number of carbonyl (C=O) groups excluding carboxylic acids is 1. The fourth-order valence-corrected chi connectivity index (χ4v) is 3.50. The van der Waals surface area contributed by atoms with Crippen LogP contribution in [0.4, 0.5) is 0 Å². The second-order valence-corrected chi connectivity index (χ2v) is 7.87. The molecule has 0 bridgehead atoms. The van der Waals surface area contributed by atoms with Crippen molar-refractivity contribution in [2.45, 2.75) is 13.5 Å². The molecule has 2 aromatic carbocycles. The molecule has 0 atom stereocenters. The zero-order chi connectivity index (χ0) is 18.9. The first kappa shape index (κ1) is 18.0. The van der Waals surface area contributed by atoms with Crippen molar-refractivity contribution < 1.29 is 17.9 Å². The van der Waals surface area contributed by atoms with Crippen molar-refractivity contribution in [1.82, 2.24) is 9.29 Å². The van der Waals surface area contributed by atoms with E-state index in [1.807, 2.05) is 54.0 Å². The van der Waals surface area contributed by atoms with Gasteiger partial charge in [0.15, 0.2) is 0 Å². The van der Waals surface area contributed by atoms with Crippen LogP contribution in [0.5, 0.6) is 5.75 Å². The Morgan fingerprint density at radius 1 is 1.15 bits per heavy atom. The van der Waals surface area contributed by atoms with E-state index in [4.69, 9.17) is 4.74 Å². The highest BCUT2D eigenvalue weighted by Gasteiger charge is 2.22. The number of nitrogens with zero attached hydrogens (tertiary/aromatic N) is 1. The van der Waals surface area contributed by atoms with Gasteiger partial charge in [-0.1, -0.05) is 30.3 Å². The number of ether oxygens (including phenoxy) is 1. The molecule has 0 fully saturated rings. The fourth-order valence-electron chi connectivity index (χ4n) is 3.06. The van der Waals surface area contributed by atoms with E-state index in [0.29, 0.717) is 28.9 Å². The Morgan fingerprint density at radius 2 is 1.85 bits per heavy atom. The molecule has 0 spiro atoms. The number of hydrogen-bond acceptors (Lipinski definition) is 4. The SMILES string of the molecule is COc1ccc2c(c1)c(C(=O)NS(C)(=O)=O)c(C)n2Cc1ccccc1. The monoisotopic (exact) mass is 372 g/mol. The Balaban J connectivity index is 2.19. The summed E-state index contributed by atoms with van der Waals surface area (Å²) in [7, 11) is -2.12. The average Bonchev–Trinajstić information content (AvgIpc) is 2.85. The molecule has 136 valence electrons. The summed E-state index contributed by atoms with van der Waals surface area (Å²) in [5.41, 5.74) is 2.95. The van der Waals surface area contributed by atoms with Crippen LogP contribution in [-0.2, 0) is 16.6 Å². The normalized spacial score (nSPS) is 11.5. The van der Waals surface area contributed by atoms with Gasteiger partial charge in [-0.15, -0.1) is 0 Å². The van der Waals surface area contributed by atoms with Gasteiger partial charge in [-0.2, -0.15) is 0 Å². The lowest BCUT2D eigenvalue weighted by molar-refractivity contribution is 0.0982. The lowest BCUT2D eigenvalue weighted by Gasteiger charge is -2.09. The van der Waals surface area contributed by atoms with Crippen molar-refractivity contribution in [3.63, 3.8) is 0 Å². The van der Waals surface area contributed by atoms with Crippen LogP contribution in [0.3, 0.4) is 0 Å². The Hall–Kier alpha value is -2.80. The van der Waals surface area contributed by atoms with Gasteiger partial charge in [0.1, 0.15) is 5.75 Å². The summed E-state index contributed by atoms with van der Waals surface area (Å²) in [6, 6.07) is 15.3. The van der Waals surface area contributed by atoms with Crippen LogP contribution in [0.25, 0.3) is 10.9 Å². The van der Waals surface area contributed by atoms with Gasteiger partial charge in [-0.05, 0) is 30.7 Å². The van der Waals surface area contributed by atoms with Crippen LogP contribution in [0, 0.1) is 6.92 Å². The summed E-state index contributed by atoms with van der Waals surface area (Å²) in [5, 5.41) is 0.652. The van der Waals surface area contributed by atoms with E-state index in [0.717, 1.165) is 17.3 Å². The van der Waals surface area contributed by atoms with Gasteiger partial charge in [0.2, 0.25) is 10.0 Å². The van der Waals surface area contributed by atoms with Crippen LogP contribution in [0.1, 0.15) is 21.6 Å². The quantitative estimate of drug-likeness (QED) is 0.747. The van der Waals surface area contributed by atoms with Gasteiger partial charge < -0.3 is 9.30 Å². The number of fused-ring (bicyclic) bond motifs is 1. The summed E-state index contributed by atoms with van der Waals surface area (Å²) in [5.74, 6) is -0.0437. The minimum atomic E-state index is -3.66. The van der Waals surface area contributed by atoms with E-state index in [1.165, 1.54) is 0 Å². The highest BCUT2D eigenvalue weighted by Crippen LogP contribution is 2.30. The van der Waals surface area contributed by atoms with E-state index in [-0.39, 0.29) is 0 Å². The van der Waals surface area contributed by atoms with E-state index < -0.39 is 15.9 Å². The van der Waals surface area contributed by atoms with Crippen molar-refractivity contribution in [3.05, 3.63) is 65.4 Å². The maximum Gasteiger partial charge on any atom is 0.267 e. The van der Waals surface area contributed by atoms with Gasteiger partial charge in [0, 0.05) is 23.1 Å². The van der Waals surface area contributed by atoms with E-state index in [9.17, 15) is 13.2 Å². The minimum absolute atomic E-state index is 0.334. The number of amides is 1. The molecule has 0 aliphatic rings. The molecule has 0 aliphatic carbocycles. The maximum absolute atomic E-state index is 12.6. The lowest BCUT2D eigenvalue weighted by atomic mass is 10.1. The van der Waals surface area contributed by atoms with Crippen LogP contribution in [-0.4, -0.2) is 32.3 Å². The second-order valence-electron chi connectivity index (χ2n) is 6.12. The molecule has 26 heavy (non-hydrogen) atoms. The molecule has 1 aromatic heterocycles. The Kier molecular flexibility index (Phi) is 4.73. The third-order valence-corrected chi connectivity index (χ3v) is 4.78. The standard InChI is InChI=1S/C19H20N2O4S/c1-13-18(19(22)20-26(3,23)24)16-11-15(25-2)9-10-17(16)21(13)12-14-7-5-4-6-8-14/h4-11H,12H2,1-3H3,(H,20,22). The van der Waals surface area contributed by atoms with Crippen molar-refractivity contribution >= 4 is 26.8 Å². The third kappa shape index (κ3) is 3.57. The smallest absolute Gasteiger partial charge is 0.267 e. The summed E-state index contributed by atoms with van der Waals surface area (Å²) in [6.07, 6.45) is 0.962. The molecule has 0 unspecified atom stereocenters. The number of carbonyl (C=O) groups is 1. The molecule has 3 aromatic rings. The maximum atomic E-state index is 12.6. The molecule has 0 radical (unpaired) electrons. The first-order valence-corrected chi connectivity index (χ1v) is 9.92. The van der Waals surface area contributed by atoms with E-state index >= 15 is 0 Å². The first-order chi connectivity index (χ1) is 12.3. The van der Waals surface area contributed by atoms with Gasteiger partial charge in [-0.25, -0.2) is 13.1 Å². The Labute approximate surface area is 152 Å². The topological polar surface area (TPSA) is 77.4 Å². The van der Waals surface area contributed by atoms with Crippen LogP contribution < -0.4 is 9.46 Å².